The van der Waals surface area contributed by atoms with Gasteiger partial charge in [0.05, 0.1) is 10.6 Å². The summed E-state index contributed by atoms with van der Waals surface area (Å²) in [5, 5.41) is 0.348. The molecule has 0 unspecified atom stereocenters. The largest absolute Gasteiger partial charge is 0.485 e. The van der Waals surface area contributed by atoms with Crippen molar-refractivity contribution in [2.45, 2.75) is 0 Å². The summed E-state index contributed by atoms with van der Waals surface area (Å²) in [5.41, 5.74) is 6.49. The number of carbonyl (C=O) groups excluding carboxylic acids is 1. The molecule has 0 saturated heterocycles. The first-order chi connectivity index (χ1) is 8.27. The van der Waals surface area contributed by atoms with E-state index >= 15 is 0 Å². The van der Waals surface area contributed by atoms with Crippen molar-refractivity contribution < 1.29 is 14.3 Å². The molecule has 1 aromatic carbocycles. The third kappa shape index (κ3) is 2.28. The van der Waals surface area contributed by atoms with Crippen LogP contribution in [-0.2, 0) is 0 Å². The fraction of sp³-hybridized carbons (Fsp3) is 0.250. The number of rotatable bonds is 3. The van der Waals surface area contributed by atoms with E-state index in [9.17, 15) is 4.79 Å². The molecule has 5 heteroatoms. The van der Waals surface area contributed by atoms with Crippen LogP contribution in [0.1, 0.15) is 15.9 Å². The third-order valence-corrected chi connectivity index (χ3v) is 2.69. The fourth-order valence-corrected chi connectivity index (χ4v) is 1.90. The molecule has 0 spiro atoms. The molecule has 90 valence electrons. The van der Waals surface area contributed by atoms with Crippen LogP contribution >= 0.6 is 11.6 Å². The van der Waals surface area contributed by atoms with Crippen molar-refractivity contribution in [3.05, 3.63) is 28.3 Å². The van der Waals surface area contributed by atoms with Crippen LogP contribution < -0.4 is 15.2 Å². The molecule has 0 fully saturated rings. The van der Waals surface area contributed by atoms with E-state index in [2.05, 4.69) is 0 Å². The standard InChI is InChI=1S/C12H12ClNO3/c13-10-6-8(2-1-3-14)11-12(9(10)7-15)17-5-4-16-11/h1-2,6-7H,3-5,14H2/b2-1+. The van der Waals surface area contributed by atoms with E-state index in [1.165, 1.54) is 0 Å². The lowest BCUT2D eigenvalue weighted by atomic mass is 10.1. The number of nitrogens with two attached hydrogens (primary N) is 1. The van der Waals surface area contributed by atoms with Gasteiger partial charge >= 0.3 is 0 Å². The van der Waals surface area contributed by atoms with Gasteiger partial charge in [0.2, 0.25) is 0 Å². The van der Waals surface area contributed by atoms with Gasteiger partial charge in [0.25, 0.3) is 0 Å². The van der Waals surface area contributed by atoms with Crippen molar-refractivity contribution in [1.82, 2.24) is 0 Å². The Morgan fingerprint density at radius 3 is 2.71 bits per heavy atom. The van der Waals surface area contributed by atoms with Gasteiger partial charge in [-0.05, 0) is 6.07 Å². The Bertz CT molecular complexity index is 471. The average Bonchev–Trinajstić information content (AvgIpc) is 2.36. The predicted molar refractivity (Wildman–Crippen MR) is 65.9 cm³/mol. The van der Waals surface area contributed by atoms with Gasteiger partial charge in [-0.15, -0.1) is 0 Å². The van der Waals surface area contributed by atoms with Crippen molar-refractivity contribution in [1.29, 1.82) is 0 Å². The minimum Gasteiger partial charge on any atom is -0.485 e. The molecule has 0 atom stereocenters. The Balaban J connectivity index is 2.58. The molecule has 0 aromatic heterocycles. The van der Waals surface area contributed by atoms with Gasteiger partial charge in [-0.1, -0.05) is 23.8 Å². The normalized spacial score (nSPS) is 14.0. The first-order valence-electron chi connectivity index (χ1n) is 5.21. The second kappa shape index (κ2) is 5.21. The molecule has 2 N–H and O–H groups in total. The van der Waals surface area contributed by atoms with Crippen LogP contribution in [0, 0.1) is 0 Å². The Hall–Kier alpha value is -1.52. The van der Waals surface area contributed by atoms with Crippen molar-refractivity contribution in [3.63, 3.8) is 0 Å². The molecule has 4 nitrogen and oxygen atoms in total. The van der Waals surface area contributed by atoms with Crippen LogP contribution in [0.15, 0.2) is 12.1 Å². The van der Waals surface area contributed by atoms with E-state index in [1.807, 2.05) is 0 Å². The summed E-state index contributed by atoms with van der Waals surface area (Å²) in [4.78, 5) is 11.0. The summed E-state index contributed by atoms with van der Waals surface area (Å²) >= 11 is 6.01. The zero-order valence-electron chi connectivity index (χ0n) is 9.11. The lowest BCUT2D eigenvalue weighted by Gasteiger charge is -2.22. The second-order valence-corrected chi connectivity index (χ2v) is 3.88. The van der Waals surface area contributed by atoms with Crippen LogP contribution in [0.3, 0.4) is 0 Å². The SMILES string of the molecule is NC/C=C/c1cc(Cl)c(C=O)c2c1OCCO2. The van der Waals surface area contributed by atoms with Gasteiger partial charge in [-0.2, -0.15) is 0 Å². The highest BCUT2D eigenvalue weighted by atomic mass is 35.5. The molecule has 17 heavy (non-hydrogen) atoms. The number of benzene rings is 1. The van der Waals surface area contributed by atoms with Gasteiger partial charge in [0, 0.05) is 12.1 Å². The second-order valence-electron chi connectivity index (χ2n) is 3.47. The Kier molecular flexibility index (Phi) is 3.66. The van der Waals surface area contributed by atoms with E-state index in [1.54, 1.807) is 18.2 Å². The number of hydrogen-bond donors (Lipinski definition) is 1. The van der Waals surface area contributed by atoms with Crippen molar-refractivity contribution in [3.8, 4) is 11.5 Å². The first kappa shape index (κ1) is 12.0. The molecule has 0 aliphatic carbocycles. The zero-order valence-corrected chi connectivity index (χ0v) is 9.87. The lowest BCUT2D eigenvalue weighted by molar-refractivity contribution is 0.111. The maximum Gasteiger partial charge on any atom is 0.173 e. The van der Waals surface area contributed by atoms with Gasteiger partial charge in [-0.3, -0.25) is 4.79 Å². The number of aldehydes is 1. The predicted octanol–water partition coefficient (Wildman–Crippen LogP) is 1.90. The highest BCUT2D eigenvalue weighted by molar-refractivity contribution is 6.33. The Morgan fingerprint density at radius 1 is 1.35 bits per heavy atom. The number of ether oxygens (including phenoxy) is 2. The third-order valence-electron chi connectivity index (χ3n) is 2.38. The monoisotopic (exact) mass is 253 g/mol. The Morgan fingerprint density at radius 2 is 2.06 bits per heavy atom. The molecule has 1 heterocycles. The summed E-state index contributed by atoms with van der Waals surface area (Å²) in [7, 11) is 0. The summed E-state index contributed by atoms with van der Waals surface area (Å²) in [5.74, 6) is 0.961. The maximum atomic E-state index is 11.0. The molecular formula is C12H12ClNO3. The summed E-state index contributed by atoms with van der Waals surface area (Å²) in [6.45, 7) is 1.29. The number of fused-ring (bicyclic) bond motifs is 1. The van der Waals surface area contributed by atoms with Crippen LogP contribution in [0.25, 0.3) is 6.08 Å². The van der Waals surface area contributed by atoms with E-state index in [0.717, 1.165) is 5.56 Å². The molecule has 0 radical (unpaired) electrons. The number of carbonyl (C=O) groups is 1. The van der Waals surface area contributed by atoms with E-state index in [-0.39, 0.29) is 0 Å². The Labute approximate surface area is 104 Å². The fourth-order valence-electron chi connectivity index (χ4n) is 1.65. The average molecular weight is 254 g/mol. The maximum absolute atomic E-state index is 11.0. The van der Waals surface area contributed by atoms with Crippen LogP contribution in [0.2, 0.25) is 5.02 Å². The topological polar surface area (TPSA) is 61.6 Å². The van der Waals surface area contributed by atoms with Crippen molar-refractivity contribution >= 4 is 24.0 Å². The van der Waals surface area contributed by atoms with Gasteiger partial charge in [0.1, 0.15) is 13.2 Å². The van der Waals surface area contributed by atoms with E-state index in [0.29, 0.717) is 48.1 Å². The summed E-state index contributed by atoms with van der Waals surface area (Å²) in [6, 6.07) is 1.67. The summed E-state index contributed by atoms with van der Waals surface area (Å²) in [6.07, 6.45) is 4.25. The molecule has 2 rings (SSSR count). The molecule has 1 aromatic rings. The first-order valence-corrected chi connectivity index (χ1v) is 5.59. The van der Waals surface area contributed by atoms with Gasteiger partial charge in [-0.25, -0.2) is 0 Å². The molecule has 0 bridgehead atoms. The smallest absolute Gasteiger partial charge is 0.173 e. The summed E-state index contributed by atoms with van der Waals surface area (Å²) < 4.78 is 11.0. The molecule has 0 saturated carbocycles. The van der Waals surface area contributed by atoms with Crippen LogP contribution in [0.4, 0.5) is 0 Å². The highest BCUT2D eigenvalue weighted by Crippen LogP contribution is 2.41. The van der Waals surface area contributed by atoms with Crippen LogP contribution in [0.5, 0.6) is 11.5 Å². The minimum atomic E-state index is 0.325. The van der Waals surface area contributed by atoms with E-state index < -0.39 is 0 Å². The minimum absolute atomic E-state index is 0.325. The van der Waals surface area contributed by atoms with Gasteiger partial charge in [0.15, 0.2) is 17.8 Å². The van der Waals surface area contributed by atoms with Crippen molar-refractivity contribution in [2.75, 3.05) is 19.8 Å². The zero-order chi connectivity index (χ0) is 12.3. The quantitative estimate of drug-likeness (QED) is 0.836. The molecule has 1 aliphatic rings. The highest BCUT2D eigenvalue weighted by Gasteiger charge is 2.21. The van der Waals surface area contributed by atoms with Gasteiger partial charge < -0.3 is 15.2 Å². The van der Waals surface area contributed by atoms with E-state index in [4.69, 9.17) is 26.8 Å². The van der Waals surface area contributed by atoms with Crippen molar-refractivity contribution in [2.24, 2.45) is 5.73 Å². The number of halogens is 1. The number of hydrogen-bond acceptors (Lipinski definition) is 4. The molecule has 1 aliphatic heterocycles. The lowest BCUT2D eigenvalue weighted by Crippen LogP contribution is -2.17. The molecular weight excluding hydrogens is 242 g/mol. The molecule has 0 amide bonds. The van der Waals surface area contributed by atoms with Crippen LogP contribution in [-0.4, -0.2) is 26.0 Å².